The van der Waals surface area contributed by atoms with Gasteiger partial charge in [-0.05, 0) is 44.0 Å². The minimum Gasteiger partial charge on any atom is -0.348 e. The van der Waals surface area contributed by atoms with Crippen LogP contribution < -0.4 is 5.32 Å². The minimum atomic E-state index is 0.00458. The van der Waals surface area contributed by atoms with Crippen LogP contribution in [-0.4, -0.2) is 46.1 Å². The number of nitrogens with zero attached hydrogens (tertiary/aromatic N) is 3. The summed E-state index contributed by atoms with van der Waals surface area (Å²) in [6, 6.07) is 6.07. The fourth-order valence-electron chi connectivity index (χ4n) is 3.48. The normalized spacial score (nSPS) is 28.7. The third kappa shape index (κ3) is 1.89. The van der Waals surface area contributed by atoms with Gasteiger partial charge in [0, 0.05) is 18.8 Å². The Balaban J connectivity index is 1.56. The van der Waals surface area contributed by atoms with Crippen LogP contribution >= 0.6 is 0 Å². The highest BCUT2D eigenvalue weighted by Gasteiger charge is 2.35. The molecule has 5 heteroatoms. The van der Waals surface area contributed by atoms with E-state index >= 15 is 0 Å². The second kappa shape index (κ2) is 4.59. The molecular weight excluding hydrogens is 252 g/mol. The lowest BCUT2D eigenvalue weighted by molar-refractivity contribution is 0.0621. The molecule has 5 heterocycles. The molecular formula is C15H18N4O. The Morgan fingerprint density at radius 1 is 1.30 bits per heavy atom. The molecule has 5 rings (SSSR count). The molecule has 3 aliphatic heterocycles. The Kier molecular flexibility index (Phi) is 2.73. The molecule has 0 spiro atoms. The molecule has 2 bridgehead atoms. The van der Waals surface area contributed by atoms with E-state index in [2.05, 4.69) is 15.3 Å². The number of piperidine rings is 3. The van der Waals surface area contributed by atoms with E-state index in [9.17, 15) is 4.79 Å². The van der Waals surface area contributed by atoms with E-state index in [1.54, 1.807) is 10.7 Å². The fourth-order valence-corrected chi connectivity index (χ4v) is 3.48. The number of amides is 1. The predicted molar refractivity (Wildman–Crippen MR) is 75.6 cm³/mol. The number of aromatic nitrogens is 2. The first-order valence-corrected chi connectivity index (χ1v) is 7.27. The number of carbonyl (C=O) groups excluding carboxylic acids is 1. The van der Waals surface area contributed by atoms with E-state index < -0.39 is 0 Å². The second-order valence-electron chi connectivity index (χ2n) is 5.81. The molecule has 5 nitrogen and oxygen atoms in total. The zero-order chi connectivity index (χ0) is 13.5. The summed E-state index contributed by atoms with van der Waals surface area (Å²) in [4.78, 5) is 14.9. The van der Waals surface area contributed by atoms with Crippen molar-refractivity contribution in [3.63, 3.8) is 0 Å². The Bertz CT molecular complexity index is 642. The average molecular weight is 270 g/mol. The first-order chi connectivity index (χ1) is 9.81. The van der Waals surface area contributed by atoms with Crippen molar-refractivity contribution >= 4 is 11.4 Å². The van der Waals surface area contributed by atoms with Crippen molar-refractivity contribution in [1.29, 1.82) is 0 Å². The summed E-state index contributed by atoms with van der Waals surface area (Å²) in [7, 11) is 0. The third-order valence-corrected chi connectivity index (χ3v) is 4.64. The first-order valence-electron chi connectivity index (χ1n) is 7.27. The fraction of sp³-hybridized carbons (Fsp3) is 0.467. The average Bonchev–Trinajstić information content (AvgIpc) is 2.92. The molecule has 0 aromatic carbocycles. The van der Waals surface area contributed by atoms with Gasteiger partial charge in [-0.1, -0.05) is 6.07 Å². The van der Waals surface area contributed by atoms with Crippen molar-refractivity contribution in [2.24, 2.45) is 5.92 Å². The van der Waals surface area contributed by atoms with Crippen LogP contribution in [0, 0.1) is 5.92 Å². The SMILES string of the molecule is O=C(NC1CN2CCC1CC2)c1cnn2ccccc12. The van der Waals surface area contributed by atoms with Crippen molar-refractivity contribution in [3.8, 4) is 0 Å². The van der Waals surface area contributed by atoms with E-state index in [0.29, 0.717) is 17.5 Å². The molecule has 3 fully saturated rings. The number of pyridine rings is 1. The summed E-state index contributed by atoms with van der Waals surface area (Å²) >= 11 is 0. The van der Waals surface area contributed by atoms with Gasteiger partial charge in [-0.25, -0.2) is 4.52 Å². The van der Waals surface area contributed by atoms with Gasteiger partial charge in [-0.15, -0.1) is 0 Å². The molecule has 1 amide bonds. The smallest absolute Gasteiger partial charge is 0.255 e. The summed E-state index contributed by atoms with van der Waals surface area (Å²) in [5.41, 5.74) is 1.54. The lowest BCUT2D eigenvalue weighted by Crippen LogP contribution is -2.57. The molecule has 20 heavy (non-hydrogen) atoms. The molecule has 0 aliphatic carbocycles. The molecule has 2 aromatic rings. The van der Waals surface area contributed by atoms with Gasteiger partial charge in [-0.2, -0.15) is 5.10 Å². The number of nitrogens with one attached hydrogen (secondary N) is 1. The highest BCUT2D eigenvalue weighted by atomic mass is 16.1. The molecule has 104 valence electrons. The zero-order valence-electron chi connectivity index (χ0n) is 11.3. The Labute approximate surface area is 117 Å². The molecule has 1 N–H and O–H groups in total. The predicted octanol–water partition coefficient (Wildman–Crippen LogP) is 1.16. The second-order valence-corrected chi connectivity index (χ2v) is 5.81. The highest BCUT2D eigenvalue weighted by molar-refractivity contribution is 6.00. The standard InChI is InChI=1S/C15H18N4O/c20-15(12-9-16-19-6-2-1-3-14(12)19)17-13-10-18-7-4-11(13)5-8-18/h1-3,6,9,11,13H,4-5,7-8,10H2,(H,17,20). The van der Waals surface area contributed by atoms with Gasteiger partial charge in [-0.3, -0.25) is 4.79 Å². The molecule has 0 radical (unpaired) electrons. The number of carbonyl (C=O) groups is 1. The van der Waals surface area contributed by atoms with E-state index in [4.69, 9.17) is 0 Å². The third-order valence-electron chi connectivity index (χ3n) is 4.64. The molecule has 1 atom stereocenters. The highest BCUT2D eigenvalue weighted by Crippen LogP contribution is 2.27. The topological polar surface area (TPSA) is 49.6 Å². The monoisotopic (exact) mass is 270 g/mol. The maximum Gasteiger partial charge on any atom is 0.255 e. The molecule has 1 unspecified atom stereocenters. The maximum atomic E-state index is 12.5. The van der Waals surface area contributed by atoms with Gasteiger partial charge in [0.15, 0.2) is 0 Å². The van der Waals surface area contributed by atoms with Gasteiger partial charge in [0.2, 0.25) is 0 Å². The van der Waals surface area contributed by atoms with Crippen LogP contribution in [-0.2, 0) is 0 Å². The number of rotatable bonds is 2. The van der Waals surface area contributed by atoms with Gasteiger partial charge in [0.25, 0.3) is 5.91 Å². The van der Waals surface area contributed by atoms with Crippen molar-refractivity contribution in [2.75, 3.05) is 19.6 Å². The van der Waals surface area contributed by atoms with E-state index in [-0.39, 0.29) is 5.91 Å². The van der Waals surface area contributed by atoms with E-state index in [1.165, 1.54) is 25.9 Å². The molecule has 3 aliphatic rings. The van der Waals surface area contributed by atoms with E-state index in [0.717, 1.165) is 12.1 Å². The van der Waals surface area contributed by atoms with Crippen LogP contribution in [0.2, 0.25) is 0 Å². The van der Waals surface area contributed by atoms with Crippen molar-refractivity contribution in [1.82, 2.24) is 19.8 Å². The first kappa shape index (κ1) is 11.9. The quantitative estimate of drug-likeness (QED) is 0.891. The molecule has 2 aromatic heterocycles. The lowest BCUT2D eigenvalue weighted by Gasteiger charge is -2.44. The zero-order valence-corrected chi connectivity index (χ0v) is 11.3. The lowest BCUT2D eigenvalue weighted by atomic mass is 9.84. The van der Waals surface area contributed by atoms with Crippen LogP contribution in [0.3, 0.4) is 0 Å². The number of hydrogen-bond donors (Lipinski definition) is 1. The van der Waals surface area contributed by atoms with Crippen LogP contribution in [0.5, 0.6) is 0 Å². The van der Waals surface area contributed by atoms with Crippen LogP contribution in [0.4, 0.5) is 0 Å². The van der Waals surface area contributed by atoms with Crippen LogP contribution in [0.15, 0.2) is 30.6 Å². The van der Waals surface area contributed by atoms with Crippen LogP contribution in [0.25, 0.3) is 5.52 Å². The van der Waals surface area contributed by atoms with Crippen LogP contribution in [0.1, 0.15) is 23.2 Å². The summed E-state index contributed by atoms with van der Waals surface area (Å²) in [5.74, 6) is 0.649. The summed E-state index contributed by atoms with van der Waals surface area (Å²) < 4.78 is 1.74. The number of hydrogen-bond acceptors (Lipinski definition) is 3. The van der Waals surface area contributed by atoms with E-state index in [1.807, 2.05) is 24.4 Å². The van der Waals surface area contributed by atoms with Gasteiger partial charge in [0.05, 0.1) is 17.3 Å². The summed E-state index contributed by atoms with van der Waals surface area (Å²) in [5, 5.41) is 7.44. The largest absolute Gasteiger partial charge is 0.348 e. The summed E-state index contributed by atoms with van der Waals surface area (Å²) in [6.07, 6.45) is 5.94. The van der Waals surface area contributed by atoms with Crippen molar-refractivity contribution in [2.45, 2.75) is 18.9 Å². The maximum absolute atomic E-state index is 12.5. The van der Waals surface area contributed by atoms with Crippen molar-refractivity contribution in [3.05, 3.63) is 36.2 Å². The summed E-state index contributed by atoms with van der Waals surface area (Å²) in [6.45, 7) is 3.37. The Morgan fingerprint density at radius 2 is 2.15 bits per heavy atom. The molecule has 3 saturated heterocycles. The Morgan fingerprint density at radius 3 is 2.90 bits per heavy atom. The van der Waals surface area contributed by atoms with Crippen molar-refractivity contribution < 1.29 is 4.79 Å². The van der Waals surface area contributed by atoms with Gasteiger partial charge >= 0.3 is 0 Å². The van der Waals surface area contributed by atoms with Gasteiger partial charge < -0.3 is 10.2 Å². The minimum absolute atomic E-state index is 0.00458. The van der Waals surface area contributed by atoms with Gasteiger partial charge in [0.1, 0.15) is 0 Å². The number of fused-ring (bicyclic) bond motifs is 4. The Hall–Kier alpha value is -1.88. The molecule has 0 saturated carbocycles.